The van der Waals surface area contributed by atoms with Gasteiger partial charge in [-0.1, -0.05) is 59.6 Å². The lowest BCUT2D eigenvalue weighted by Crippen LogP contribution is -2.50. The van der Waals surface area contributed by atoms with Crippen LogP contribution in [0.3, 0.4) is 0 Å². The summed E-state index contributed by atoms with van der Waals surface area (Å²) in [5.41, 5.74) is -1.14. The predicted octanol–water partition coefficient (Wildman–Crippen LogP) is 6.89. The summed E-state index contributed by atoms with van der Waals surface area (Å²) in [5, 5.41) is 12.1. The maximum Gasteiger partial charge on any atom is 0.410 e. The van der Waals surface area contributed by atoms with Crippen LogP contribution >= 0.6 is 23.2 Å². The topological polar surface area (TPSA) is 119 Å². The van der Waals surface area contributed by atoms with Crippen molar-refractivity contribution in [2.45, 2.75) is 75.9 Å². The zero-order chi connectivity index (χ0) is 38.3. The van der Waals surface area contributed by atoms with Gasteiger partial charge in [0.25, 0.3) is 5.56 Å². The third-order valence-corrected chi connectivity index (χ3v) is 10.2. The summed E-state index contributed by atoms with van der Waals surface area (Å²) in [6.45, 7) is 6.19. The molecule has 11 nitrogen and oxygen atoms in total. The number of alkyl halides is 3. The van der Waals surface area contributed by atoms with E-state index in [0.29, 0.717) is 29.4 Å². The first-order valence-electron chi connectivity index (χ1n) is 17.2. The van der Waals surface area contributed by atoms with Crippen LogP contribution in [0.1, 0.15) is 63.1 Å². The first-order chi connectivity index (χ1) is 24.9. The molecule has 2 aromatic heterocycles. The zero-order valence-corrected chi connectivity index (χ0v) is 30.9. The minimum absolute atomic E-state index is 0.0133. The number of fused-ring (bicyclic) bond motifs is 1. The van der Waals surface area contributed by atoms with Crippen molar-refractivity contribution < 1.29 is 37.3 Å². The molecule has 2 aromatic carbocycles. The zero-order valence-electron chi connectivity index (χ0n) is 29.4. The smallest absolute Gasteiger partial charge is 0.410 e. The Morgan fingerprint density at radius 2 is 1.75 bits per heavy atom. The van der Waals surface area contributed by atoms with E-state index in [9.17, 15) is 32.7 Å². The van der Waals surface area contributed by atoms with Crippen molar-refractivity contribution in [2.24, 2.45) is 0 Å². The average molecular weight is 779 g/mol. The van der Waals surface area contributed by atoms with Crippen LogP contribution in [-0.2, 0) is 20.8 Å². The van der Waals surface area contributed by atoms with E-state index in [0.717, 1.165) is 0 Å². The lowest BCUT2D eigenvalue weighted by Gasteiger charge is -2.39. The average Bonchev–Trinajstić information content (AvgIpc) is 3.44. The third kappa shape index (κ3) is 8.51. The number of carbonyl (C=O) groups is 2. The largest absolute Gasteiger partial charge is 0.444 e. The number of hydrogen-bond donors (Lipinski definition) is 1. The molecule has 0 aliphatic carbocycles. The van der Waals surface area contributed by atoms with E-state index in [-0.39, 0.29) is 60.8 Å². The molecule has 4 aromatic rings. The second kappa shape index (κ2) is 15.0. The Bertz CT molecular complexity index is 2040. The number of ether oxygens (including phenoxy) is 2. The molecular weight excluding hydrogens is 738 g/mol. The Labute approximate surface area is 313 Å². The molecule has 2 aliphatic rings. The van der Waals surface area contributed by atoms with Gasteiger partial charge in [0.2, 0.25) is 5.91 Å². The molecule has 0 unspecified atom stereocenters. The fraction of sp³-hybridized carbons (Fsp3) is 0.459. The van der Waals surface area contributed by atoms with Crippen LogP contribution in [0.25, 0.3) is 16.7 Å². The number of nitrogens with zero attached hydrogens (tertiary/aromatic N) is 5. The Morgan fingerprint density at radius 3 is 2.40 bits per heavy atom. The number of morpholine rings is 1. The Kier molecular flexibility index (Phi) is 10.9. The van der Waals surface area contributed by atoms with Crippen molar-refractivity contribution in [3.8, 4) is 5.69 Å². The monoisotopic (exact) mass is 777 g/mol. The number of aromatic nitrogens is 3. The van der Waals surface area contributed by atoms with Gasteiger partial charge in [-0.2, -0.15) is 13.2 Å². The van der Waals surface area contributed by atoms with Crippen molar-refractivity contribution in [2.75, 3.05) is 32.8 Å². The molecule has 0 radical (unpaired) electrons. The van der Waals surface area contributed by atoms with Crippen molar-refractivity contribution in [1.29, 1.82) is 0 Å². The minimum Gasteiger partial charge on any atom is -0.444 e. The predicted molar refractivity (Wildman–Crippen MR) is 192 cm³/mol. The third-order valence-electron chi connectivity index (χ3n) is 9.59. The molecule has 0 saturated carbocycles. The number of amides is 2. The highest BCUT2D eigenvalue weighted by Gasteiger charge is 2.43. The lowest BCUT2D eigenvalue weighted by molar-refractivity contribution is -0.162. The summed E-state index contributed by atoms with van der Waals surface area (Å²) in [6, 6.07) is 13.5. The number of benzene rings is 2. The molecule has 2 aliphatic heterocycles. The lowest BCUT2D eigenvalue weighted by atomic mass is 9.89. The summed E-state index contributed by atoms with van der Waals surface area (Å²) in [4.78, 5) is 47.1. The second-order valence-electron chi connectivity index (χ2n) is 14.5. The summed E-state index contributed by atoms with van der Waals surface area (Å²) in [6.07, 6.45) is -4.42. The molecule has 53 heavy (non-hydrogen) atoms. The van der Waals surface area contributed by atoms with Crippen molar-refractivity contribution in [3.05, 3.63) is 92.6 Å². The van der Waals surface area contributed by atoms with Crippen LogP contribution in [0.15, 0.2) is 65.7 Å². The summed E-state index contributed by atoms with van der Waals surface area (Å²) < 4.78 is 55.7. The van der Waals surface area contributed by atoms with E-state index in [1.54, 1.807) is 54.5 Å². The summed E-state index contributed by atoms with van der Waals surface area (Å²) in [7, 11) is 0. The van der Waals surface area contributed by atoms with Gasteiger partial charge < -0.3 is 19.5 Å². The highest BCUT2D eigenvalue weighted by Crippen LogP contribution is 2.39. The molecule has 2 fully saturated rings. The fourth-order valence-electron chi connectivity index (χ4n) is 6.83. The van der Waals surface area contributed by atoms with Gasteiger partial charge in [-0.05, 0) is 62.9 Å². The molecule has 2 saturated heterocycles. The first-order valence-corrected chi connectivity index (χ1v) is 17.9. The van der Waals surface area contributed by atoms with Gasteiger partial charge in [-0.3, -0.25) is 23.6 Å². The number of rotatable bonds is 7. The molecule has 1 N–H and O–H groups in total. The number of aliphatic hydroxyl groups is 1. The van der Waals surface area contributed by atoms with Gasteiger partial charge in [0.15, 0.2) is 5.65 Å². The van der Waals surface area contributed by atoms with E-state index < -0.39 is 53.3 Å². The summed E-state index contributed by atoms with van der Waals surface area (Å²) in [5.74, 6) is -2.60. The quantitative estimate of drug-likeness (QED) is 0.217. The van der Waals surface area contributed by atoms with Gasteiger partial charge in [0, 0.05) is 36.8 Å². The maximum atomic E-state index is 13.9. The Morgan fingerprint density at radius 1 is 1.06 bits per heavy atom. The van der Waals surface area contributed by atoms with Crippen molar-refractivity contribution in [1.82, 2.24) is 23.9 Å². The van der Waals surface area contributed by atoms with E-state index in [1.165, 1.54) is 46.1 Å². The molecule has 16 heteroatoms. The Hall–Kier alpha value is -4.11. The molecule has 0 bridgehead atoms. The van der Waals surface area contributed by atoms with Crippen LogP contribution in [-0.4, -0.2) is 91.3 Å². The maximum absolute atomic E-state index is 13.9. The minimum atomic E-state index is -4.60. The number of piperidine rings is 1. The van der Waals surface area contributed by atoms with Crippen LogP contribution in [0.2, 0.25) is 10.2 Å². The number of carbonyl (C=O) groups excluding carboxylic acids is 2. The number of likely N-dealkylation sites (tertiary alicyclic amines) is 1. The number of hydrogen-bond acceptors (Lipinski definition) is 7. The normalized spacial score (nSPS) is 18.6. The van der Waals surface area contributed by atoms with Crippen LogP contribution in [0.4, 0.5) is 18.0 Å². The van der Waals surface area contributed by atoms with E-state index in [1.807, 2.05) is 0 Å². The van der Waals surface area contributed by atoms with E-state index in [4.69, 9.17) is 32.7 Å². The summed E-state index contributed by atoms with van der Waals surface area (Å²) >= 11 is 13.4. The van der Waals surface area contributed by atoms with Gasteiger partial charge in [0.05, 0.1) is 42.7 Å². The molecule has 6 rings (SSSR count). The highest BCUT2D eigenvalue weighted by atomic mass is 35.5. The van der Waals surface area contributed by atoms with Gasteiger partial charge in [-0.25, -0.2) is 9.78 Å². The first kappa shape index (κ1) is 38.6. The molecule has 2 atom stereocenters. The fourth-order valence-corrected chi connectivity index (χ4v) is 7.42. The molecule has 0 spiro atoms. The standard InChI is InChI=1S/C37H40Cl2F3N5O6/c1-35(2,3)53-34(50)46-15-16-52-20-29(46)25-10-9-24(17-28(25)38)47-30(39)18-26-32(47)43-22-45(33(26)49)21-36(51)11-13-44(14-12-36)31(48)19-27(37(40,41)42)23-7-5-4-6-8-23/h4-10,17-18,22,27,29,51H,11-16,19-21H2,1-3H3/t27-,29+/m1/s1. The van der Waals surface area contributed by atoms with Crippen LogP contribution in [0, 0.1) is 0 Å². The molecule has 284 valence electrons. The highest BCUT2D eigenvalue weighted by molar-refractivity contribution is 6.32. The van der Waals surface area contributed by atoms with Crippen LogP contribution in [0.5, 0.6) is 0 Å². The Balaban J connectivity index is 1.16. The molecular formula is C37H40Cl2F3N5O6. The number of halogens is 5. The van der Waals surface area contributed by atoms with Crippen molar-refractivity contribution >= 4 is 46.2 Å². The molecule has 2 amide bonds. The SMILES string of the molecule is CC(C)(C)OC(=O)N1CCOC[C@H]1c1ccc(-n2c(Cl)cc3c(=O)n(CC4(O)CCN(C(=O)C[C@H](c5ccccc5)C(F)(F)F)CC4)cnc32)cc1Cl. The second-order valence-corrected chi connectivity index (χ2v) is 15.3. The molecule has 4 heterocycles. The van der Waals surface area contributed by atoms with E-state index in [2.05, 4.69) is 4.98 Å². The van der Waals surface area contributed by atoms with Gasteiger partial charge in [-0.15, -0.1) is 0 Å². The van der Waals surface area contributed by atoms with Gasteiger partial charge >= 0.3 is 12.3 Å². The van der Waals surface area contributed by atoms with Crippen molar-refractivity contribution in [3.63, 3.8) is 0 Å². The van der Waals surface area contributed by atoms with Gasteiger partial charge in [0.1, 0.15) is 17.1 Å². The van der Waals surface area contributed by atoms with Crippen LogP contribution < -0.4 is 5.56 Å². The van der Waals surface area contributed by atoms with E-state index >= 15 is 0 Å².